The first-order chi connectivity index (χ1) is 4.98. The topological polar surface area (TPSA) is 69.9 Å². The quantitative estimate of drug-likeness (QED) is 0.509. The molecule has 0 saturated heterocycles. The standard InChI is InChI=1S/C6H16O4Si/c1-6(2)10-11(8,9)5-3-4-7/h6-9H,3-5H2,1-2H3. The third-order valence-electron chi connectivity index (χ3n) is 1.09. The Bertz CT molecular complexity index is 105. The van der Waals surface area contributed by atoms with Crippen molar-refractivity contribution in [1.29, 1.82) is 0 Å². The smallest absolute Gasteiger partial charge is 0.396 e. The third-order valence-corrected chi connectivity index (χ3v) is 2.94. The van der Waals surface area contributed by atoms with Crippen LogP contribution in [-0.4, -0.2) is 36.2 Å². The normalized spacial score (nSPS) is 12.5. The first-order valence-electron chi connectivity index (χ1n) is 3.71. The summed E-state index contributed by atoms with van der Waals surface area (Å²) in [5.74, 6) is 0. The maximum atomic E-state index is 9.18. The lowest BCUT2D eigenvalue weighted by atomic mass is 10.5. The highest BCUT2D eigenvalue weighted by Crippen LogP contribution is 2.08. The van der Waals surface area contributed by atoms with E-state index in [2.05, 4.69) is 0 Å². The number of hydrogen-bond acceptors (Lipinski definition) is 4. The minimum atomic E-state index is -3.45. The molecule has 0 aliphatic carbocycles. The van der Waals surface area contributed by atoms with E-state index in [0.717, 1.165) is 0 Å². The second-order valence-electron chi connectivity index (χ2n) is 2.74. The van der Waals surface area contributed by atoms with E-state index >= 15 is 0 Å². The van der Waals surface area contributed by atoms with E-state index < -0.39 is 8.80 Å². The van der Waals surface area contributed by atoms with Gasteiger partial charge in [0.1, 0.15) is 0 Å². The molecule has 0 heterocycles. The molecule has 0 unspecified atom stereocenters. The Balaban J connectivity index is 3.61. The summed E-state index contributed by atoms with van der Waals surface area (Å²) in [6, 6.07) is 0.168. The molecule has 0 spiro atoms. The number of aliphatic hydroxyl groups is 1. The van der Waals surface area contributed by atoms with Crippen LogP contribution in [0.1, 0.15) is 20.3 Å². The van der Waals surface area contributed by atoms with Gasteiger partial charge in [0.25, 0.3) is 0 Å². The predicted molar refractivity (Wildman–Crippen MR) is 42.9 cm³/mol. The van der Waals surface area contributed by atoms with E-state index in [9.17, 15) is 9.59 Å². The zero-order valence-electron chi connectivity index (χ0n) is 6.95. The molecule has 0 aromatic carbocycles. The van der Waals surface area contributed by atoms with E-state index in [1.807, 2.05) is 0 Å². The van der Waals surface area contributed by atoms with E-state index in [1.165, 1.54) is 0 Å². The fourth-order valence-electron chi connectivity index (χ4n) is 0.746. The van der Waals surface area contributed by atoms with Gasteiger partial charge < -0.3 is 19.1 Å². The Morgan fingerprint density at radius 2 is 1.91 bits per heavy atom. The molecule has 0 amide bonds. The molecule has 0 aliphatic rings. The summed E-state index contributed by atoms with van der Waals surface area (Å²) >= 11 is 0. The molecular weight excluding hydrogens is 164 g/mol. The van der Waals surface area contributed by atoms with Gasteiger partial charge in [-0.1, -0.05) is 0 Å². The van der Waals surface area contributed by atoms with Crippen molar-refractivity contribution in [2.75, 3.05) is 6.61 Å². The van der Waals surface area contributed by atoms with Crippen LogP contribution in [0.5, 0.6) is 0 Å². The fourth-order valence-corrected chi connectivity index (χ4v) is 2.24. The Kier molecular flexibility index (Phi) is 4.86. The van der Waals surface area contributed by atoms with E-state index in [0.29, 0.717) is 6.42 Å². The van der Waals surface area contributed by atoms with Crippen LogP contribution in [0.4, 0.5) is 0 Å². The van der Waals surface area contributed by atoms with Crippen molar-refractivity contribution in [3.05, 3.63) is 0 Å². The monoisotopic (exact) mass is 180 g/mol. The van der Waals surface area contributed by atoms with Gasteiger partial charge in [0, 0.05) is 18.8 Å². The molecular formula is C6H16O4Si. The Morgan fingerprint density at radius 3 is 2.27 bits per heavy atom. The lowest BCUT2D eigenvalue weighted by Gasteiger charge is -2.19. The van der Waals surface area contributed by atoms with Crippen molar-refractivity contribution in [3.8, 4) is 0 Å². The molecule has 0 aromatic rings. The number of aliphatic hydroxyl groups excluding tert-OH is 1. The summed E-state index contributed by atoms with van der Waals surface area (Å²) in [7, 11) is -3.45. The molecule has 0 aromatic heterocycles. The van der Waals surface area contributed by atoms with Crippen molar-refractivity contribution in [2.24, 2.45) is 0 Å². The Labute approximate surface area is 67.8 Å². The van der Waals surface area contributed by atoms with Crippen molar-refractivity contribution >= 4 is 8.80 Å². The van der Waals surface area contributed by atoms with Crippen molar-refractivity contribution in [2.45, 2.75) is 32.4 Å². The predicted octanol–water partition coefficient (Wildman–Crippen LogP) is -0.283. The second-order valence-corrected chi connectivity index (χ2v) is 4.96. The summed E-state index contributed by atoms with van der Waals surface area (Å²) in [5.41, 5.74) is 0. The molecule has 68 valence electrons. The van der Waals surface area contributed by atoms with Crippen LogP contribution >= 0.6 is 0 Å². The first kappa shape index (κ1) is 11.1. The molecule has 5 heteroatoms. The molecule has 4 nitrogen and oxygen atoms in total. The van der Waals surface area contributed by atoms with Crippen LogP contribution in [0.25, 0.3) is 0 Å². The van der Waals surface area contributed by atoms with Crippen molar-refractivity contribution < 1.29 is 19.1 Å². The second kappa shape index (κ2) is 4.84. The highest BCUT2D eigenvalue weighted by atomic mass is 28.4. The highest BCUT2D eigenvalue weighted by Gasteiger charge is 2.32. The van der Waals surface area contributed by atoms with Crippen LogP contribution in [0, 0.1) is 0 Å². The van der Waals surface area contributed by atoms with Crippen LogP contribution < -0.4 is 0 Å². The molecule has 11 heavy (non-hydrogen) atoms. The van der Waals surface area contributed by atoms with Gasteiger partial charge in [-0.2, -0.15) is 0 Å². The molecule has 0 saturated carbocycles. The van der Waals surface area contributed by atoms with Crippen molar-refractivity contribution in [1.82, 2.24) is 0 Å². The number of hydrogen-bond donors (Lipinski definition) is 3. The lowest BCUT2D eigenvalue weighted by molar-refractivity contribution is 0.106. The van der Waals surface area contributed by atoms with Gasteiger partial charge >= 0.3 is 8.80 Å². The Morgan fingerprint density at radius 1 is 1.36 bits per heavy atom. The SMILES string of the molecule is CC(C)O[Si](O)(O)CCCO. The van der Waals surface area contributed by atoms with Gasteiger partial charge in [0.15, 0.2) is 0 Å². The highest BCUT2D eigenvalue weighted by molar-refractivity contribution is 6.57. The maximum Gasteiger partial charge on any atom is 0.495 e. The van der Waals surface area contributed by atoms with Gasteiger partial charge in [-0.25, -0.2) is 0 Å². The van der Waals surface area contributed by atoms with Crippen LogP contribution in [0.3, 0.4) is 0 Å². The third kappa shape index (κ3) is 6.45. The molecule has 0 radical (unpaired) electrons. The van der Waals surface area contributed by atoms with Gasteiger partial charge in [0.2, 0.25) is 0 Å². The molecule has 0 aliphatic heterocycles. The minimum Gasteiger partial charge on any atom is -0.396 e. The Hall–Kier alpha value is 0.0569. The average molecular weight is 180 g/mol. The molecule has 0 bridgehead atoms. The fraction of sp³-hybridized carbons (Fsp3) is 1.00. The zero-order chi connectivity index (χ0) is 8.91. The van der Waals surface area contributed by atoms with Gasteiger partial charge in [-0.05, 0) is 20.3 Å². The summed E-state index contributed by atoms with van der Waals surface area (Å²) in [6.07, 6.45) is 0.210. The van der Waals surface area contributed by atoms with Crippen molar-refractivity contribution in [3.63, 3.8) is 0 Å². The average Bonchev–Trinajstić information content (AvgIpc) is 1.81. The minimum absolute atomic E-state index is 0.0304. The molecule has 0 rings (SSSR count). The summed E-state index contributed by atoms with van der Waals surface area (Å²) in [6.45, 7) is 3.46. The lowest BCUT2D eigenvalue weighted by Crippen LogP contribution is -2.41. The summed E-state index contributed by atoms with van der Waals surface area (Å²) in [4.78, 5) is 18.4. The summed E-state index contributed by atoms with van der Waals surface area (Å²) < 4.78 is 4.88. The first-order valence-corrected chi connectivity index (χ1v) is 5.72. The molecule has 0 fully saturated rings. The zero-order valence-corrected chi connectivity index (χ0v) is 7.95. The molecule has 3 N–H and O–H groups in total. The van der Waals surface area contributed by atoms with Crippen LogP contribution in [-0.2, 0) is 4.43 Å². The van der Waals surface area contributed by atoms with Gasteiger partial charge in [-0.15, -0.1) is 0 Å². The molecule has 0 atom stereocenters. The van der Waals surface area contributed by atoms with Gasteiger partial charge in [-0.3, -0.25) is 0 Å². The van der Waals surface area contributed by atoms with Crippen LogP contribution in [0.15, 0.2) is 0 Å². The van der Waals surface area contributed by atoms with E-state index in [1.54, 1.807) is 13.8 Å². The largest absolute Gasteiger partial charge is 0.495 e. The van der Waals surface area contributed by atoms with Gasteiger partial charge in [0.05, 0.1) is 0 Å². The van der Waals surface area contributed by atoms with E-state index in [4.69, 9.17) is 9.53 Å². The summed E-state index contributed by atoms with van der Waals surface area (Å²) in [5, 5.41) is 8.41. The van der Waals surface area contributed by atoms with E-state index in [-0.39, 0.29) is 18.8 Å². The number of rotatable bonds is 5. The maximum absolute atomic E-state index is 9.18. The van der Waals surface area contributed by atoms with Crippen LogP contribution in [0.2, 0.25) is 6.04 Å².